The van der Waals surface area contributed by atoms with Crippen LogP contribution in [-0.2, 0) is 65.4 Å². The van der Waals surface area contributed by atoms with Crippen molar-refractivity contribution in [3.05, 3.63) is 0 Å². The third-order valence-electron chi connectivity index (χ3n) is 18.9. The highest BCUT2D eigenvalue weighted by molar-refractivity contribution is 7.47. The van der Waals surface area contributed by atoms with E-state index in [2.05, 4.69) is 27.7 Å². The summed E-state index contributed by atoms with van der Waals surface area (Å²) in [5.41, 5.74) is 0. The molecule has 0 saturated heterocycles. The lowest BCUT2D eigenvalue weighted by Gasteiger charge is -2.21. The van der Waals surface area contributed by atoms with Gasteiger partial charge in [0, 0.05) is 25.7 Å². The molecule has 99 heavy (non-hydrogen) atoms. The van der Waals surface area contributed by atoms with Gasteiger partial charge in [0.2, 0.25) is 0 Å². The molecule has 0 fully saturated rings. The topological polar surface area (TPSA) is 237 Å². The maximum atomic E-state index is 13.1. The van der Waals surface area contributed by atoms with Gasteiger partial charge in [-0.3, -0.25) is 37.3 Å². The summed E-state index contributed by atoms with van der Waals surface area (Å²) in [6.45, 7) is 5.00. The molecule has 2 unspecified atom stereocenters. The van der Waals surface area contributed by atoms with E-state index in [9.17, 15) is 43.2 Å². The Morgan fingerprint density at radius 1 is 0.242 bits per heavy atom. The van der Waals surface area contributed by atoms with Crippen molar-refractivity contribution in [2.75, 3.05) is 39.6 Å². The SMILES string of the molecule is CCCCCCCCCCCCCCCCCCCCCC(=O)OC[C@H](COP(=O)(O)OC[C@@H](O)COP(=O)(O)OC[C@@H](COC(=O)CCCCCCCCCCC)OC(=O)CCCCCCCCCCCCCC)OC(=O)CCCCCCCCCCCCCCCCCCCCC. The second-order valence-electron chi connectivity index (χ2n) is 28.8. The fourth-order valence-corrected chi connectivity index (χ4v) is 14.0. The molecule has 0 rings (SSSR count). The molecule has 0 bridgehead atoms. The summed E-state index contributed by atoms with van der Waals surface area (Å²) in [5, 5.41) is 10.6. The molecule has 0 aliphatic carbocycles. The van der Waals surface area contributed by atoms with Gasteiger partial charge in [-0.1, -0.05) is 381 Å². The molecule has 0 aromatic rings. The Balaban J connectivity index is 5.20. The van der Waals surface area contributed by atoms with Gasteiger partial charge in [0.1, 0.15) is 19.3 Å². The highest BCUT2D eigenvalue weighted by Gasteiger charge is 2.30. The molecule has 3 N–H and O–H groups in total. The van der Waals surface area contributed by atoms with Gasteiger partial charge in [0.15, 0.2) is 12.2 Å². The van der Waals surface area contributed by atoms with E-state index in [1.54, 1.807) is 0 Å². The Morgan fingerprint density at radius 2 is 0.404 bits per heavy atom. The van der Waals surface area contributed by atoms with Gasteiger partial charge in [-0.25, -0.2) is 9.13 Å². The Hall–Kier alpha value is -1.94. The predicted molar refractivity (Wildman–Crippen MR) is 405 cm³/mol. The molecular weight excluding hydrogens is 1290 g/mol. The number of carbonyl (C=O) groups excluding carboxylic acids is 4. The summed E-state index contributed by atoms with van der Waals surface area (Å²) in [5.74, 6) is -2.11. The highest BCUT2D eigenvalue weighted by atomic mass is 31.2. The summed E-state index contributed by atoms with van der Waals surface area (Å²) in [7, 11) is -9.91. The standard InChI is InChI=1S/C80H156O17P2/c1-5-9-13-17-21-25-28-31-33-35-37-39-41-43-46-49-53-57-61-65-78(83)91-71-76(97-80(85)67-63-59-55-51-47-44-42-40-38-36-34-32-29-26-22-18-14-10-6-2)73-95-99(88,89)93-69-74(81)68-92-98(86,87)94-72-75(70-90-77(82)64-60-56-52-48-24-20-16-12-8-4)96-79(84)66-62-58-54-50-45-30-27-23-19-15-11-7-3/h74-76,81H,5-73H2,1-4H3,(H,86,87)(H,88,89)/t74-,75+,76+/m0/s1. The second kappa shape index (κ2) is 74.3. The maximum absolute atomic E-state index is 13.1. The second-order valence-corrected chi connectivity index (χ2v) is 31.7. The monoisotopic (exact) mass is 1450 g/mol. The van der Waals surface area contributed by atoms with Gasteiger partial charge in [-0.05, 0) is 25.7 Å². The first-order chi connectivity index (χ1) is 48.2. The van der Waals surface area contributed by atoms with E-state index >= 15 is 0 Å². The molecule has 0 aromatic carbocycles. The van der Waals surface area contributed by atoms with Crippen LogP contribution in [0.4, 0.5) is 0 Å². The molecule has 19 heteroatoms. The summed E-state index contributed by atoms with van der Waals surface area (Å²) in [6.07, 6.45) is 66.6. The van der Waals surface area contributed by atoms with Crippen molar-refractivity contribution in [1.29, 1.82) is 0 Å². The third-order valence-corrected chi connectivity index (χ3v) is 20.8. The normalized spacial score (nSPS) is 13.8. The number of phosphoric acid groups is 2. The molecule has 5 atom stereocenters. The Kier molecular flexibility index (Phi) is 72.9. The molecule has 588 valence electrons. The van der Waals surface area contributed by atoms with E-state index < -0.39 is 97.5 Å². The van der Waals surface area contributed by atoms with Crippen LogP contribution in [0.5, 0.6) is 0 Å². The predicted octanol–water partition coefficient (Wildman–Crippen LogP) is 24.2. The lowest BCUT2D eigenvalue weighted by molar-refractivity contribution is -0.161. The van der Waals surface area contributed by atoms with Crippen LogP contribution in [0.1, 0.15) is 432 Å². The number of aliphatic hydroxyl groups is 1. The van der Waals surface area contributed by atoms with Crippen LogP contribution in [0.3, 0.4) is 0 Å². The zero-order valence-electron chi connectivity index (χ0n) is 64.5. The fraction of sp³-hybridized carbons (Fsp3) is 0.950. The van der Waals surface area contributed by atoms with Crippen molar-refractivity contribution in [2.45, 2.75) is 451 Å². The van der Waals surface area contributed by atoms with Crippen molar-refractivity contribution in [1.82, 2.24) is 0 Å². The van der Waals surface area contributed by atoms with Crippen LogP contribution in [0.15, 0.2) is 0 Å². The van der Waals surface area contributed by atoms with E-state index in [1.807, 2.05) is 0 Å². The number of phosphoric ester groups is 2. The summed E-state index contributed by atoms with van der Waals surface area (Å²) >= 11 is 0. The quantitative estimate of drug-likeness (QED) is 0.0222. The van der Waals surface area contributed by atoms with Gasteiger partial charge in [0.25, 0.3) is 0 Å². The number of ether oxygens (including phenoxy) is 4. The van der Waals surface area contributed by atoms with Gasteiger partial charge >= 0.3 is 39.5 Å². The van der Waals surface area contributed by atoms with Crippen molar-refractivity contribution < 1.29 is 80.2 Å². The zero-order chi connectivity index (χ0) is 72.5. The first kappa shape index (κ1) is 97.1. The molecule has 0 aromatic heterocycles. The molecular formula is C80H156O17P2. The minimum Gasteiger partial charge on any atom is -0.462 e. The molecule has 0 amide bonds. The molecule has 0 aliphatic rings. The Labute approximate surface area is 607 Å². The Morgan fingerprint density at radius 3 is 0.596 bits per heavy atom. The van der Waals surface area contributed by atoms with Gasteiger partial charge in [-0.15, -0.1) is 0 Å². The molecule has 0 spiro atoms. The minimum absolute atomic E-state index is 0.108. The number of hydrogen-bond acceptors (Lipinski definition) is 15. The van der Waals surface area contributed by atoms with E-state index in [0.717, 1.165) is 89.9 Å². The van der Waals surface area contributed by atoms with Gasteiger partial charge in [0.05, 0.1) is 26.4 Å². The average Bonchev–Trinajstić information content (AvgIpc) is 1.09. The van der Waals surface area contributed by atoms with E-state index in [0.29, 0.717) is 25.7 Å². The van der Waals surface area contributed by atoms with Crippen molar-refractivity contribution >= 4 is 39.5 Å². The molecule has 0 radical (unpaired) electrons. The molecule has 0 heterocycles. The number of unbranched alkanes of at least 4 members (excludes halogenated alkanes) is 55. The van der Waals surface area contributed by atoms with Crippen LogP contribution >= 0.6 is 15.6 Å². The van der Waals surface area contributed by atoms with Crippen molar-refractivity contribution in [3.63, 3.8) is 0 Å². The number of hydrogen-bond donors (Lipinski definition) is 3. The molecule has 0 saturated carbocycles. The summed E-state index contributed by atoms with van der Waals surface area (Å²) in [4.78, 5) is 72.9. The summed E-state index contributed by atoms with van der Waals surface area (Å²) in [6, 6.07) is 0. The van der Waals surface area contributed by atoms with E-state index in [1.165, 1.54) is 263 Å². The van der Waals surface area contributed by atoms with Crippen molar-refractivity contribution in [3.8, 4) is 0 Å². The van der Waals surface area contributed by atoms with Crippen LogP contribution in [0.25, 0.3) is 0 Å². The number of esters is 4. The largest absolute Gasteiger partial charge is 0.472 e. The number of rotatable bonds is 81. The highest BCUT2D eigenvalue weighted by Crippen LogP contribution is 2.45. The smallest absolute Gasteiger partial charge is 0.462 e. The fourth-order valence-electron chi connectivity index (χ4n) is 12.5. The van der Waals surface area contributed by atoms with E-state index in [4.69, 9.17) is 37.0 Å². The summed E-state index contributed by atoms with van der Waals surface area (Å²) < 4.78 is 68.6. The van der Waals surface area contributed by atoms with Crippen LogP contribution in [0, 0.1) is 0 Å². The first-order valence-electron chi connectivity index (χ1n) is 41.8. The third kappa shape index (κ3) is 74.1. The van der Waals surface area contributed by atoms with Crippen LogP contribution in [0.2, 0.25) is 0 Å². The maximum Gasteiger partial charge on any atom is 0.472 e. The van der Waals surface area contributed by atoms with E-state index in [-0.39, 0.29) is 25.7 Å². The molecule has 17 nitrogen and oxygen atoms in total. The molecule has 0 aliphatic heterocycles. The number of aliphatic hydroxyl groups excluding tert-OH is 1. The van der Waals surface area contributed by atoms with Gasteiger partial charge in [-0.2, -0.15) is 0 Å². The number of carbonyl (C=O) groups is 4. The lowest BCUT2D eigenvalue weighted by Crippen LogP contribution is -2.30. The van der Waals surface area contributed by atoms with Crippen LogP contribution in [-0.4, -0.2) is 96.7 Å². The van der Waals surface area contributed by atoms with Crippen LogP contribution < -0.4 is 0 Å². The Bertz CT molecular complexity index is 1880. The minimum atomic E-state index is -4.96. The van der Waals surface area contributed by atoms with Gasteiger partial charge < -0.3 is 33.8 Å². The average molecular weight is 1450 g/mol. The first-order valence-corrected chi connectivity index (χ1v) is 44.8. The zero-order valence-corrected chi connectivity index (χ0v) is 66.3. The lowest BCUT2D eigenvalue weighted by atomic mass is 10.0. The van der Waals surface area contributed by atoms with Crippen molar-refractivity contribution in [2.24, 2.45) is 0 Å².